The number of rotatable bonds is 28. The zero-order valence-corrected chi connectivity index (χ0v) is 32.0. The number of allylic oxidation sites excluding steroid dienone is 4. The van der Waals surface area contributed by atoms with Gasteiger partial charge in [-0.25, -0.2) is 0 Å². The first kappa shape index (κ1) is 47.6. The fraction of sp³-hybridized carbons (Fsp3) is 0.872. The van der Waals surface area contributed by atoms with Crippen molar-refractivity contribution in [3.63, 3.8) is 0 Å². The predicted molar refractivity (Wildman–Crippen MR) is 198 cm³/mol. The minimum atomic E-state index is -1.78. The molecule has 0 bridgehead atoms. The van der Waals surface area contributed by atoms with Crippen molar-refractivity contribution in [1.82, 2.24) is 5.32 Å². The van der Waals surface area contributed by atoms with Crippen molar-refractivity contribution in [3.8, 4) is 0 Å². The first-order valence-electron chi connectivity index (χ1n) is 20.1. The molecule has 2 rings (SSSR count). The molecule has 0 aromatic carbocycles. The number of unbranched alkanes of at least 4 members (excludes halogenated alkanes) is 11. The minimum Gasteiger partial charge on any atom is -0.394 e. The van der Waals surface area contributed by atoms with E-state index >= 15 is 0 Å². The summed E-state index contributed by atoms with van der Waals surface area (Å²) >= 11 is 0. The van der Waals surface area contributed by atoms with Crippen LogP contribution >= 0.6 is 0 Å². The highest BCUT2D eigenvalue weighted by Crippen LogP contribution is 2.30. The van der Waals surface area contributed by atoms with E-state index in [0.29, 0.717) is 12.8 Å². The van der Waals surface area contributed by atoms with Crippen molar-refractivity contribution < 1.29 is 64.6 Å². The average molecular weight is 762 g/mol. The number of nitrogens with one attached hydrogen (secondary N) is 1. The van der Waals surface area contributed by atoms with E-state index in [1.807, 2.05) is 6.92 Å². The summed E-state index contributed by atoms with van der Waals surface area (Å²) in [6.07, 6.45) is 8.71. The van der Waals surface area contributed by atoms with Gasteiger partial charge in [0.2, 0.25) is 5.91 Å². The third-order valence-corrected chi connectivity index (χ3v) is 9.92. The number of aliphatic hydroxyl groups excluding tert-OH is 8. The first-order valence-corrected chi connectivity index (χ1v) is 20.1. The molecule has 14 heteroatoms. The van der Waals surface area contributed by atoms with Gasteiger partial charge in [-0.05, 0) is 44.9 Å². The standard InChI is InChI=1S/C39H71NO13/c1-3-5-7-8-9-10-11-12-13-14-15-16-17-18-19-21-23-31(44)40-27(28(43)22-20-6-4-2)26-50-38-36(49)34(47)37(30(25-42)52-38)53-39-35(48)33(46)32(45)29(24-41)51-39/h10-11,13-14,27-30,32-39,41-43,45-49H,3-9,12,15-26H2,1-2H3,(H,40,44)/b11-10-,14-13-. The van der Waals surface area contributed by atoms with Crippen molar-refractivity contribution in [3.05, 3.63) is 24.3 Å². The molecule has 0 aromatic heterocycles. The number of hydrogen-bond donors (Lipinski definition) is 9. The smallest absolute Gasteiger partial charge is 0.220 e. The van der Waals surface area contributed by atoms with Gasteiger partial charge in [-0.2, -0.15) is 0 Å². The second kappa shape index (κ2) is 28.0. The van der Waals surface area contributed by atoms with Gasteiger partial charge in [0.05, 0.1) is 32.0 Å². The Morgan fingerprint density at radius 3 is 1.89 bits per heavy atom. The van der Waals surface area contributed by atoms with Gasteiger partial charge in [-0.15, -0.1) is 0 Å². The van der Waals surface area contributed by atoms with Crippen LogP contribution in [0.4, 0.5) is 0 Å². The lowest BCUT2D eigenvalue weighted by atomic mass is 9.97. The number of carbonyl (C=O) groups is 1. The summed E-state index contributed by atoms with van der Waals surface area (Å²) in [5.41, 5.74) is 0. The van der Waals surface area contributed by atoms with Crippen LogP contribution < -0.4 is 5.32 Å². The van der Waals surface area contributed by atoms with Gasteiger partial charge < -0.3 is 65.1 Å². The van der Waals surface area contributed by atoms with E-state index in [9.17, 15) is 45.6 Å². The lowest BCUT2D eigenvalue weighted by Crippen LogP contribution is -2.65. The quantitative estimate of drug-likeness (QED) is 0.0413. The Balaban J connectivity index is 1.81. The van der Waals surface area contributed by atoms with Crippen LogP contribution in [0.25, 0.3) is 0 Å². The molecule has 310 valence electrons. The maximum atomic E-state index is 12.9. The van der Waals surface area contributed by atoms with E-state index in [4.69, 9.17) is 18.9 Å². The normalized spacial score (nSPS) is 30.6. The summed E-state index contributed by atoms with van der Waals surface area (Å²) in [4.78, 5) is 12.9. The van der Waals surface area contributed by atoms with Gasteiger partial charge in [-0.1, -0.05) is 95.9 Å². The second-order valence-corrected chi connectivity index (χ2v) is 14.4. The number of amides is 1. The van der Waals surface area contributed by atoms with Crippen molar-refractivity contribution in [2.24, 2.45) is 0 Å². The average Bonchev–Trinajstić information content (AvgIpc) is 3.15. The van der Waals surface area contributed by atoms with Gasteiger partial charge in [0, 0.05) is 6.42 Å². The molecule has 2 saturated heterocycles. The maximum Gasteiger partial charge on any atom is 0.220 e. The van der Waals surface area contributed by atoms with E-state index in [2.05, 4.69) is 36.5 Å². The minimum absolute atomic E-state index is 0.235. The molecule has 12 atom stereocenters. The molecule has 2 aliphatic rings. The molecule has 0 aromatic rings. The van der Waals surface area contributed by atoms with E-state index in [0.717, 1.165) is 64.2 Å². The summed E-state index contributed by atoms with van der Waals surface area (Å²) in [6.45, 7) is 2.60. The van der Waals surface area contributed by atoms with Crippen LogP contribution in [-0.2, 0) is 23.7 Å². The molecule has 12 unspecified atom stereocenters. The summed E-state index contributed by atoms with van der Waals surface area (Å²) in [6, 6.07) is -0.828. The van der Waals surface area contributed by atoms with E-state index < -0.39 is 86.8 Å². The molecule has 0 aliphatic carbocycles. The van der Waals surface area contributed by atoms with Crippen LogP contribution in [0.1, 0.15) is 123 Å². The van der Waals surface area contributed by atoms with Crippen molar-refractivity contribution in [2.45, 2.75) is 197 Å². The molecule has 2 aliphatic heterocycles. The molecule has 9 N–H and O–H groups in total. The van der Waals surface area contributed by atoms with Gasteiger partial charge in [0.1, 0.15) is 48.8 Å². The highest BCUT2D eigenvalue weighted by atomic mass is 16.7. The Bertz CT molecular complexity index is 998. The number of ether oxygens (including phenoxy) is 4. The highest BCUT2D eigenvalue weighted by molar-refractivity contribution is 5.76. The summed E-state index contributed by atoms with van der Waals surface area (Å²) < 4.78 is 22.4. The molecule has 0 spiro atoms. The highest BCUT2D eigenvalue weighted by Gasteiger charge is 2.50. The van der Waals surface area contributed by atoms with Gasteiger partial charge in [0.25, 0.3) is 0 Å². The van der Waals surface area contributed by atoms with Crippen LogP contribution in [-0.4, -0.2) is 140 Å². The summed E-state index contributed by atoms with van der Waals surface area (Å²) in [5, 5.41) is 85.6. The number of hydrogen-bond acceptors (Lipinski definition) is 13. The number of aliphatic hydroxyl groups is 8. The Morgan fingerprint density at radius 1 is 0.679 bits per heavy atom. The number of carbonyl (C=O) groups excluding carboxylic acids is 1. The Labute approximate surface area is 316 Å². The van der Waals surface area contributed by atoms with Crippen LogP contribution in [0, 0.1) is 0 Å². The van der Waals surface area contributed by atoms with Crippen LogP contribution in [0.2, 0.25) is 0 Å². The molecule has 2 fully saturated rings. The van der Waals surface area contributed by atoms with Crippen LogP contribution in [0.5, 0.6) is 0 Å². The van der Waals surface area contributed by atoms with Crippen LogP contribution in [0.15, 0.2) is 24.3 Å². The maximum absolute atomic E-state index is 12.9. The van der Waals surface area contributed by atoms with E-state index in [1.165, 1.54) is 25.7 Å². The van der Waals surface area contributed by atoms with E-state index in [-0.39, 0.29) is 18.9 Å². The zero-order valence-electron chi connectivity index (χ0n) is 32.0. The van der Waals surface area contributed by atoms with E-state index in [1.54, 1.807) is 0 Å². The molecular formula is C39H71NO13. The molecular weight excluding hydrogens is 690 g/mol. The summed E-state index contributed by atoms with van der Waals surface area (Å²) in [5.74, 6) is -0.235. The molecule has 0 saturated carbocycles. The SMILES string of the molecule is CCCCCC/C=C\C/C=C\CCCCCCCC(=O)NC(COC1OC(CO)C(OC2OC(CO)C(O)C(O)C2O)C(O)C1O)C(O)CCCCC. The largest absolute Gasteiger partial charge is 0.394 e. The summed E-state index contributed by atoms with van der Waals surface area (Å²) in [7, 11) is 0. The second-order valence-electron chi connectivity index (χ2n) is 14.4. The fourth-order valence-electron chi connectivity index (χ4n) is 6.50. The molecule has 0 radical (unpaired) electrons. The monoisotopic (exact) mass is 761 g/mol. The molecule has 14 nitrogen and oxygen atoms in total. The van der Waals surface area contributed by atoms with Crippen molar-refractivity contribution in [1.29, 1.82) is 0 Å². The third kappa shape index (κ3) is 17.4. The zero-order chi connectivity index (χ0) is 39.0. The molecule has 53 heavy (non-hydrogen) atoms. The van der Waals surface area contributed by atoms with Gasteiger partial charge in [-0.3, -0.25) is 4.79 Å². The molecule has 2 heterocycles. The van der Waals surface area contributed by atoms with Crippen molar-refractivity contribution >= 4 is 5.91 Å². The van der Waals surface area contributed by atoms with Gasteiger partial charge in [0.15, 0.2) is 12.6 Å². The fourth-order valence-corrected chi connectivity index (χ4v) is 6.50. The third-order valence-electron chi connectivity index (χ3n) is 9.92. The topological polar surface area (TPSA) is 228 Å². The van der Waals surface area contributed by atoms with Crippen LogP contribution in [0.3, 0.4) is 0 Å². The lowest BCUT2D eigenvalue weighted by molar-refractivity contribution is -0.359. The Hall–Kier alpha value is -1.53. The van der Waals surface area contributed by atoms with Gasteiger partial charge >= 0.3 is 0 Å². The first-order chi connectivity index (χ1) is 25.6. The van der Waals surface area contributed by atoms with Crippen molar-refractivity contribution in [2.75, 3.05) is 19.8 Å². The predicted octanol–water partition coefficient (Wildman–Crippen LogP) is 2.26. The molecule has 1 amide bonds. The Kier molecular flexibility index (Phi) is 25.1. The lowest BCUT2D eigenvalue weighted by Gasteiger charge is -2.46. The Morgan fingerprint density at radius 2 is 1.25 bits per heavy atom.